The number of carbonyl (C=O) groups is 2. The van der Waals surface area contributed by atoms with Crippen LogP contribution in [0.5, 0.6) is 0 Å². The smallest absolute Gasteiger partial charge is 0.327 e. The van der Waals surface area contributed by atoms with Crippen molar-refractivity contribution in [3.63, 3.8) is 0 Å². The molecule has 94 valence electrons. The number of hydrogen-bond acceptors (Lipinski definition) is 5. The van der Waals surface area contributed by atoms with E-state index in [1.54, 1.807) is 0 Å². The summed E-state index contributed by atoms with van der Waals surface area (Å²) in [6.45, 7) is 1.52. The molecule has 0 aromatic carbocycles. The standard InChI is InChI=1S/C10H14N2O5/c13-3-8-9(14)12(2-7-5-17-7)10(15)11(8)1-6-4-16-6/h6-8,13H,1-5H2. The van der Waals surface area contributed by atoms with Gasteiger partial charge in [-0.15, -0.1) is 0 Å². The van der Waals surface area contributed by atoms with Crippen LogP contribution in [-0.4, -0.2) is 78.0 Å². The molecule has 7 nitrogen and oxygen atoms in total. The van der Waals surface area contributed by atoms with Gasteiger partial charge >= 0.3 is 6.03 Å². The lowest BCUT2D eigenvalue weighted by Crippen LogP contribution is -2.40. The predicted octanol–water partition coefficient (Wildman–Crippen LogP) is -1.59. The van der Waals surface area contributed by atoms with Crippen LogP contribution >= 0.6 is 0 Å². The quantitative estimate of drug-likeness (QED) is 0.464. The van der Waals surface area contributed by atoms with Gasteiger partial charge in [0, 0.05) is 0 Å². The molecule has 3 atom stereocenters. The van der Waals surface area contributed by atoms with Crippen LogP contribution in [0.3, 0.4) is 0 Å². The van der Waals surface area contributed by atoms with Crippen molar-refractivity contribution < 1.29 is 24.2 Å². The molecule has 3 heterocycles. The Balaban J connectivity index is 1.72. The molecule has 3 fully saturated rings. The highest BCUT2D eigenvalue weighted by Crippen LogP contribution is 2.23. The number of imide groups is 1. The fourth-order valence-electron chi connectivity index (χ4n) is 2.02. The van der Waals surface area contributed by atoms with Crippen LogP contribution in [0.2, 0.25) is 0 Å². The van der Waals surface area contributed by atoms with Gasteiger partial charge in [-0.05, 0) is 0 Å². The van der Waals surface area contributed by atoms with Crippen molar-refractivity contribution in [3.8, 4) is 0 Å². The molecule has 17 heavy (non-hydrogen) atoms. The fourth-order valence-corrected chi connectivity index (χ4v) is 2.02. The summed E-state index contributed by atoms with van der Waals surface area (Å²) in [6, 6.07) is -1.11. The normalized spacial score (nSPS) is 35.7. The van der Waals surface area contributed by atoms with Crippen LogP contribution in [0.4, 0.5) is 4.79 Å². The number of ether oxygens (including phenoxy) is 2. The molecule has 0 radical (unpaired) electrons. The Morgan fingerprint density at radius 3 is 2.29 bits per heavy atom. The van der Waals surface area contributed by atoms with E-state index in [0.717, 1.165) is 0 Å². The third kappa shape index (κ3) is 2.01. The Kier molecular flexibility index (Phi) is 2.53. The number of aliphatic hydroxyl groups is 1. The van der Waals surface area contributed by atoms with Crippen molar-refractivity contribution in [1.82, 2.24) is 9.80 Å². The molecule has 7 heteroatoms. The van der Waals surface area contributed by atoms with Crippen molar-refractivity contribution in [3.05, 3.63) is 0 Å². The van der Waals surface area contributed by atoms with E-state index in [9.17, 15) is 14.7 Å². The second-order valence-electron chi connectivity index (χ2n) is 4.49. The summed E-state index contributed by atoms with van der Waals surface area (Å²) in [7, 11) is 0. The maximum absolute atomic E-state index is 12.0. The average Bonchev–Trinajstić information content (AvgIpc) is 3.18. The molecule has 0 aliphatic carbocycles. The Hall–Kier alpha value is -1.18. The van der Waals surface area contributed by atoms with E-state index in [1.165, 1.54) is 9.80 Å². The van der Waals surface area contributed by atoms with Gasteiger partial charge in [0.05, 0.1) is 45.1 Å². The molecule has 3 amide bonds. The zero-order valence-corrected chi connectivity index (χ0v) is 9.24. The number of urea groups is 1. The van der Waals surface area contributed by atoms with Gasteiger partial charge in [0.1, 0.15) is 6.04 Å². The van der Waals surface area contributed by atoms with Crippen molar-refractivity contribution in [2.24, 2.45) is 0 Å². The van der Waals surface area contributed by atoms with Crippen LogP contribution in [-0.2, 0) is 14.3 Å². The summed E-state index contributed by atoms with van der Waals surface area (Å²) >= 11 is 0. The number of hydrogen-bond donors (Lipinski definition) is 1. The SMILES string of the molecule is O=C1C(CO)N(CC2CO2)C(=O)N1CC1CO1. The minimum absolute atomic E-state index is 0.0120. The Morgan fingerprint density at radius 1 is 1.18 bits per heavy atom. The minimum Gasteiger partial charge on any atom is -0.394 e. The minimum atomic E-state index is -0.759. The van der Waals surface area contributed by atoms with E-state index in [0.29, 0.717) is 19.8 Å². The summed E-state index contributed by atoms with van der Waals surface area (Å²) in [6.07, 6.45) is -0.0164. The highest BCUT2D eigenvalue weighted by atomic mass is 16.6. The van der Waals surface area contributed by atoms with Gasteiger partial charge < -0.3 is 19.5 Å². The molecule has 3 saturated heterocycles. The maximum atomic E-state index is 12.0. The lowest BCUT2D eigenvalue weighted by molar-refractivity contribution is -0.129. The van der Waals surface area contributed by atoms with Crippen LogP contribution in [0.15, 0.2) is 0 Å². The van der Waals surface area contributed by atoms with Crippen LogP contribution in [0, 0.1) is 0 Å². The first kappa shape index (κ1) is 10.9. The van der Waals surface area contributed by atoms with Gasteiger partial charge in [-0.1, -0.05) is 0 Å². The summed E-state index contributed by atoms with van der Waals surface area (Å²) < 4.78 is 10.1. The Morgan fingerprint density at radius 2 is 1.76 bits per heavy atom. The van der Waals surface area contributed by atoms with Crippen LogP contribution < -0.4 is 0 Å². The summed E-state index contributed by atoms with van der Waals surface area (Å²) in [4.78, 5) is 26.5. The van der Waals surface area contributed by atoms with Gasteiger partial charge in [0.2, 0.25) is 0 Å². The molecule has 0 bridgehead atoms. The van der Waals surface area contributed by atoms with Crippen LogP contribution in [0.25, 0.3) is 0 Å². The van der Waals surface area contributed by atoms with Gasteiger partial charge in [0.25, 0.3) is 5.91 Å². The number of nitrogens with zero attached hydrogens (tertiary/aromatic N) is 2. The highest BCUT2D eigenvalue weighted by molar-refractivity contribution is 6.04. The summed E-state index contributed by atoms with van der Waals surface area (Å²) in [5.74, 6) is -0.339. The number of rotatable bonds is 5. The van der Waals surface area contributed by atoms with Gasteiger partial charge in [0.15, 0.2) is 0 Å². The lowest BCUT2D eigenvalue weighted by Gasteiger charge is -2.18. The Labute approximate surface area is 97.9 Å². The first-order chi connectivity index (χ1) is 8.20. The maximum Gasteiger partial charge on any atom is 0.327 e. The lowest BCUT2D eigenvalue weighted by atomic mass is 10.2. The monoisotopic (exact) mass is 242 g/mol. The molecule has 3 unspecified atom stereocenters. The number of epoxide rings is 2. The largest absolute Gasteiger partial charge is 0.394 e. The van der Waals surface area contributed by atoms with Gasteiger partial charge in [-0.3, -0.25) is 9.69 Å². The number of aliphatic hydroxyl groups excluding tert-OH is 1. The van der Waals surface area contributed by atoms with Crippen molar-refractivity contribution in [1.29, 1.82) is 0 Å². The highest BCUT2D eigenvalue weighted by Gasteiger charge is 2.48. The third-order valence-corrected chi connectivity index (χ3v) is 3.17. The average molecular weight is 242 g/mol. The van der Waals surface area contributed by atoms with Crippen LogP contribution in [0.1, 0.15) is 0 Å². The molecule has 0 saturated carbocycles. The number of carbonyl (C=O) groups excluding carboxylic acids is 2. The molecule has 0 aromatic heterocycles. The fraction of sp³-hybridized carbons (Fsp3) is 0.800. The third-order valence-electron chi connectivity index (χ3n) is 3.17. The molecule has 0 spiro atoms. The summed E-state index contributed by atoms with van der Waals surface area (Å²) in [5, 5.41) is 9.21. The molecule has 0 aromatic rings. The van der Waals surface area contributed by atoms with Crippen molar-refractivity contribution in [2.75, 3.05) is 32.9 Å². The molecule has 3 rings (SSSR count). The van der Waals surface area contributed by atoms with E-state index in [1.807, 2.05) is 0 Å². The van der Waals surface area contributed by atoms with E-state index in [4.69, 9.17) is 9.47 Å². The first-order valence-corrected chi connectivity index (χ1v) is 5.66. The molecular formula is C10H14N2O5. The second kappa shape index (κ2) is 3.94. The topological polar surface area (TPSA) is 85.9 Å². The predicted molar refractivity (Wildman–Crippen MR) is 54.2 cm³/mol. The van der Waals surface area contributed by atoms with Crippen molar-refractivity contribution >= 4 is 11.9 Å². The van der Waals surface area contributed by atoms with Gasteiger partial charge in [-0.25, -0.2) is 4.79 Å². The molecule has 1 N–H and O–H groups in total. The van der Waals surface area contributed by atoms with E-state index < -0.39 is 6.04 Å². The van der Waals surface area contributed by atoms with E-state index >= 15 is 0 Å². The molecular weight excluding hydrogens is 228 g/mol. The zero-order valence-electron chi connectivity index (χ0n) is 9.24. The van der Waals surface area contributed by atoms with Gasteiger partial charge in [-0.2, -0.15) is 0 Å². The Bertz CT molecular complexity index is 353. The summed E-state index contributed by atoms with van der Waals surface area (Å²) in [5.41, 5.74) is 0. The molecule has 3 aliphatic rings. The van der Waals surface area contributed by atoms with Crippen molar-refractivity contribution in [2.45, 2.75) is 18.2 Å². The van der Waals surface area contributed by atoms with E-state index in [-0.39, 0.29) is 37.3 Å². The number of amides is 3. The van der Waals surface area contributed by atoms with E-state index in [2.05, 4.69) is 0 Å². The first-order valence-electron chi connectivity index (χ1n) is 5.66. The second-order valence-corrected chi connectivity index (χ2v) is 4.49. The molecule has 3 aliphatic heterocycles. The zero-order chi connectivity index (χ0) is 12.0.